The molecular weight excluding hydrogens is 388 g/mol. The van der Waals surface area contributed by atoms with Gasteiger partial charge in [-0.15, -0.1) is 0 Å². The lowest BCUT2D eigenvalue weighted by Gasteiger charge is -2.13. The fraction of sp³-hybridized carbons (Fsp3) is 0.211. The highest BCUT2D eigenvalue weighted by Crippen LogP contribution is 2.26. The maximum atomic E-state index is 12.6. The van der Waals surface area contributed by atoms with Crippen molar-refractivity contribution in [3.63, 3.8) is 0 Å². The number of ether oxygens (including phenoxy) is 1. The summed E-state index contributed by atoms with van der Waals surface area (Å²) in [7, 11) is 1.56. The number of aromatic nitrogens is 1. The van der Waals surface area contributed by atoms with E-state index in [1.165, 1.54) is 17.4 Å². The molecule has 3 rings (SSSR count). The number of halogens is 1. The maximum Gasteiger partial charge on any atom is 0.326 e. The van der Waals surface area contributed by atoms with Gasteiger partial charge in [0.1, 0.15) is 11.8 Å². The Morgan fingerprint density at radius 2 is 2.07 bits per heavy atom. The fourth-order valence-corrected chi connectivity index (χ4v) is 4.06. The molecule has 1 unspecified atom stereocenters. The quantitative estimate of drug-likeness (QED) is 0.692. The summed E-state index contributed by atoms with van der Waals surface area (Å²) in [5.74, 6) is -0.818. The number of rotatable bonds is 5. The van der Waals surface area contributed by atoms with E-state index in [1.807, 2.05) is 0 Å². The number of hydrogen-bond donors (Lipinski definition) is 1. The predicted octanol–water partition coefficient (Wildman–Crippen LogP) is 4.14. The van der Waals surface area contributed by atoms with E-state index in [9.17, 15) is 14.7 Å². The second-order valence-corrected chi connectivity index (χ2v) is 7.22. The van der Waals surface area contributed by atoms with Crippen LogP contribution in [0.5, 0.6) is 5.75 Å². The first-order chi connectivity index (χ1) is 12.9. The fourth-order valence-electron chi connectivity index (χ4n) is 2.77. The predicted molar refractivity (Wildman–Crippen MR) is 105 cm³/mol. The second kappa shape index (κ2) is 7.94. The van der Waals surface area contributed by atoms with Gasteiger partial charge in [-0.2, -0.15) is 4.99 Å². The van der Waals surface area contributed by atoms with Gasteiger partial charge in [0.05, 0.1) is 17.3 Å². The second-order valence-electron chi connectivity index (χ2n) is 5.78. The van der Waals surface area contributed by atoms with Gasteiger partial charge in [0.2, 0.25) is 0 Å². The SMILES string of the molecule is CCC(C(=O)O)n1c(=NC(=O)c2cccc(Cl)c2)sc2cc(OC)ccc21. The van der Waals surface area contributed by atoms with Crippen molar-refractivity contribution in [3.05, 3.63) is 57.9 Å². The molecule has 8 heteroatoms. The molecule has 0 fully saturated rings. The van der Waals surface area contributed by atoms with Crippen LogP contribution in [0.25, 0.3) is 10.2 Å². The molecule has 0 spiro atoms. The standard InChI is InChI=1S/C19H17ClN2O4S/c1-3-14(18(24)25)22-15-8-7-13(26-2)10-16(15)27-19(22)21-17(23)11-5-4-6-12(20)9-11/h4-10,14H,3H2,1-2H3,(H,24,25). The molecule has 140 valence electrons. The van der Waals surface area contributed by atoms with Crippen LogP contribution in [0.4, 0.5) is 0 Å². The minimum Gasteiger partial charge on any atom is -0.497 e. The highest BCUT2D eigenvalue weighted by Gasteiger charge is 2.22. The zero-order chi connectivity index (χ0) is 19.6. The van der Waals surface area contributed by atoms with E-state index in [0.717, 1.165) is 4.70 Å². The summed E-state index contributed by atoms with van der Waals surface area (Å²) >= 11 is 7.19. The monoisotopic (exact) mass is 404 g/mol. The number of aliphatic carboxylic acids is 1. The molecule has 6 nitrogen and oxygen atoms in total. The Hall–Kier alpha value is -2.64. The zero-order valence-electron chi connectivity index (χ0n) is 14.7. The molecular formula is C19H17ClN2O4S. The van der Waals surface area contributed by atoms with Crippen LogP contribution in [-0.4, -0.2) is 28.7 Å². The molecule has 27 heavy (non-hydrogen) atoms. The average Bonchev–Trinajstić information content (AvgIpc) is 2.99. The van der Waals surface area contributed by atoms with E-state index >= 15 is 0 Å². The van der Waals surface area contributed by atoms with Gasteiger partial charge in [0, 0.05) is 10.6 Å². The van der Waals surface area contributed by atoms with Crippen LogP contribution in [0, 0.1) is 0 Å². The summed E-state index contributed by atoms with van der Waals surface area (Å²) in [6.45, 7) is 1.78. The number of hydrogen-bond acceptors (Lipinski definition) is 4. The average molecular weight is 405 g/mol. The smallest absolute Gasteiger partial charge is 0.326 e. The van der Waals surface area contributed by atoms with E-state index in [0.29, 0.717) is 33.1 Å². The maximum absolute atomic E-state index is 12.6. The third-order valence-corrected chi connectivity index (χ3v) is 5.34. The Bertz CT molecular complexity index is 1090. The number of methoxy groups -OCH3 is 1. The highest BCUT2D eigenvalue weighted by molar-refractivity contribution is 7.16. The number of benzene rings is 2. The van der Waals surface area contributed by atoms with E-state index in [1.54, 1.807) is 55.0 Å². The van der Waals surface area contributed by atoms with Crippen molar-refractivity contribution in [2.45, 2.75) is 19.4 Å². The number of carboxylic acid groups (broad SMARTS) is 1. The minimum atomic E-state index is -0.982. The van der Waals surface area contributed by atoms with Crippen LogP contribution in [0.1, 0.15) is 29.7 Å². The van der Waals surface area contributed by atoms with Gasteiger partial charge in [-0.3, -0.25) is 4.79 Å². The van der Waals surface area contributed by atoms with Crippen molar-refractivity contribution >= 4 is 45.0 Å². The molecule has 1 aromatic heterocycles. The molecule has 1 amide bonds. The van der Waals surface area contributed by atoms with Crippen LogP contribution in [0.3, 0.4) is 0 Å². The third kappa shape index (κ3) is 3.89. The number of fused-ring (bicyclic) bond motifs is 1. The first-order valence-electron chi connectivity index (χ1n) is 8.21. The number of nitrogens with zero attached hydrogens (tertiary/aromatic N) is 2. The summed E-state index contributed by atoms with van der Waals surface area (Å²) in [5.41, 5.74) is 1.03. The van der Waals surface area contributed by atoms with Gasteiger partial charge < -0.3 is 14.4 Å². The van der Waals surface area contributed by atoms with E-state index in [-0.39, 0.29) is 0 Å². The number of carbonyl (C=O) groups excluding carboxylic acids is 1. The molecule has 1 heterocycles. The highest BCUT2D eigenvalue weighted by atomic mass is 35.5. The van der Waals surface area contributed by atoms with Crippen LogP contribution < -0.4 is 9.54 Å². The number of amides is 1. The Morgan fingerprint density at radius 3 is 2.70 bits per heavy atom. The molecule has 0 aliphatic rings. The largest absolute Gasteiger partial charge is 0.497 e. The van der Waals surface area contributed by atoms with Crippen molar-refractivity contribution < 1.29 is 19.4 Å². The molecule has 3 aromatic rings. The normalized spacial score (nSPS) is 12.9. The van der Waals surface area contributed by atoms with Crippen molar-refractivity contribution in [1.29, 1.82) is 0 Å². The van der Waals surface area contributed by atoms with Crippen LogP contribution in [0.2, 0.25) is 5.02 Å². The minimum absolute atomic E-state index is 0.317. The lowest BCUT2D eigenvalue weighted by Crippen LogP contribution is -2.27. The Balaban J connectivity index is 2.23. The molecule has 0 aliphatic carbocycles. The zero-order valence-corrected chi connectivity index (χ0v) is 16.3. The van der Waals surface area contributed by atoms with Gasteiger partial charge in [-0.05, 0) is 42.8 Å². The molecule has 0 aliphatic heterocycles. The summed E-state index contributed by atoms with van der Waals surface area (Å²) < 4.78 is 7.61. The third-order valence-electron chi connectivity index (χ3n) is 4.09. The van der Waals surface area contributed by atoms with Crippen molar-refractivity contribution in [2.75, 3.05) is 7.11 Å². The van der Waals surface area contributed by atoms with Gasteiger partial charge in [0.15, 0.2) is 4.80 Å². The van der Waals surface area contributed by atoms with Crippen LogP contribution in [-0.2, 0) is 4.79 Å². The van der Waals surface area contributed by atoms with Crippen LogP contribution >= 0.6 is 22.9 Å². The van der Waals surface area contributed by atoms with E-state index < -0.39 is 17.9 Å². The first kappa shape index (κ1) is 19.1. The lowest BCUT2D eigenvalue weighted by atomic mass is 10.2. The van der Waals surface area contributed by atoms with Gasteiger partial charge in [-0.1, -0.05) is 35.9 Å². The Morgan fingerprint density at radius 1 is 1.30 bits per heavy atom. The van der Waals surface area contributed by atoms with Crippen molar-refractivity contribution in [3.8, 4) is 5.75 Å². The molecule has 0 saturated carbocycles. The van der Waals surface area contributed by atoms with E-state index in [4.69, 9.17) is 16.3 Å². The Labute approximate surface area is 164 Å². The van der Waals surface area contributed by atoms with Crippen molar-refractivity contribution in [1.82, 2.24) is 4.57 Å². The lowest BCUT2D eigenvalue weighted by molar-refractivity contribution is -0.140. The molecule has 0 radical (unpaired) electrons. The number of carbonyl (C=O) groups is 2. The summed E-state index contributed by atoms with van der Waals surface area (Å²) in [6, 6.07) is 11.0. The topological polar surface area (TPSA) is 80.9 Å². The summed E-state index contributed by atoms with van der Waals surface area (Å²) in [4.78, 5) is 28.9. The van der Waals surface area contributed by atoms with Gasteiger partial charge >= 0.3 is 5.97 Å². The summed E-state index contributed by atoms with van der Waals surface area (Å²) in [6.07, 6.45) is 0.353. The molecule has 0 saturated heterocycles. The molecule has 0 bridgehead atoms. The van der Waals surface area contributed by atoms with E-state index in [2.05, 4.69) is 4.99 Å². The number of thiazole rings is 1. The van der Waals surface area contributed by atoms with Gasteiger partial charge in [-0.25, -0.2) is 4.79 Å². The number of carboxylic acids is 1. The molecule has 1 N–H and O–H groups in total. The Kier molecular flexibility index (Phi) is 5.62. The first-order valence-corrected chi connectivity index (χ1v) is 9.40. The van der Waals surface area contributed by atoms with Gasteiger partial charge in [0.25, 0.3) is 5.91 Å². The molecule has 1 atom stereocenters. The van der Waals surface area contributed by atoms with Crippen LogP contribution in [0.15, 0.2) is 47.5 Å². The van der Waals surface area contributed by atoms with Crippen molar-refractivity contribution in [2.24, 2.45) is 4.99 Å². The summed E-state index contributed by atoms with van der Waals surface area (Å²) in [5, 5.41) is 10.1. The molecule has 2 aromatic carbocycles.